The Hall–Kier alpha value is -1.78. The Labute approximate surface area is 128 Å². The van der Waals surface area contributed by atoms with Crippen molar-refractivity contribution in [3.63, 3.8) is 0 Å². The van der Waals surface area contributed by atoms with Gasteiger partial charge in [0.2, 0.25) is 0 Å². The van der Waals surface area contributed by atoms with Crippen molar-refractivity contribution >= 4 is 11.6 Å². The van der Waals surface area contributed by atoms with E-state index in [0.717, 1.165) is 5.56 Å². The minimum Gasteiger partial charge on any atom is -0.493 e. The molecular weight excluding hydrogens is 293 g/mol. The summed E-state index contributed by atoms with van der Waals surface area (Å²) in [6.07, 6.45) is 0. The zero-order valence-electron chi connectivity index (χ0n) is 12.1. The smallest absolute Gasteiger partial charge is 0.162 e. The molecule has 112 valence electrons. The van der Waals surface area contributed by atoms with Gasteiger partial charge < -0.3 is 15.2 Å². The Balaban J connectivity index is 2.52. The lowest BCUT2D eigenvalue weighted by Crippen LogP contribution is -2.14. The second-order valence-electron chi connectivity index (χ2n) is 4.73. The summed E-state index contributed by atoms with van der Waals surface area (Å²) in [6.45, 7) is 1.88. The first-order chi connectivity index (χ1) is 9.97. The van der Waals surface area contributed by atoms with Gasteiger partial charge in [0.05, 0.1) is 20.3 Å². The van der Waals surface area contributed by atoms with Gasteiger partial charge in [0, 0.05) is 16.7 Å². The quantitative estimate of drug-likeness (QED) is 0.933. The molecular formula is C16H17ClFNO2. The fraction of sp³-hybridized carbons (Fsp3) is 0.250. The molecule has 2 rings (SSSR count). The maximum atomic E-state index is 14.0. The predicted octanol–water partition coefficient (Wildman–Crippen LogP) is 3.85. The molecule has 0 aliphatic carbocycles. The van der Waals surface area contributed by atoms with Gasteiger partial charge in [-0.2, -0.15) is 0 Å². The molecule has 0 fully saturated rings. The molecule has 21 heavy (non-hydrogen) atoms. The molecule has 3 nitrogen and oxygen atoms in total. The first-order valence-electron chi connectivity index (χ1n) is 6.41. The number of hydrogen-bond donors (Lipinski definition) is 1. The average molecular weight is 310 g/mol. The number of halogens is 2. The Morgan fingerprint density at radius 3 is 2.29 bits per heavy atom. The molecule has 2 aromatic carbocycles. The van der Waals surface area contributed by atoms with Crippen LogP contribution in [0.4, 0.5) is 4.39 Å². The van der Waals surface area contributed by atoms with Crippen LogP contribution in [0.2, 0.25) is 5.02 Å². The van der Waals surface area contributed by atoms with E-state index in [1.54, 1.807) is 24.3 Å². The standard InChI is InChI=1S/C16H17ClFNO2/c1-9-4-5-13(18)11(6-9)16(19)10-7-14(20-2)15(21-3)8-12(10)17/h4-8,16H,19H2,1-3H3. The van der Waals surface area contributed by atoms with Crippen LogP contribution in [0, 0.1) is 12.7 Å². The van der Waals surface area contributed by atoms with Crippen LogP contribution in [-0.2, 0) is 0 Å². The number of methoxy groups -OCH3 is 2. The number of hydrogen-bond acceptors (Lipinski definition) is 3. The van der Waals surface area contributed by atoms with Gasteiger partial charge in [-0.3, -0.25) is 0 Å². The van der Waals surface area contributed by atoms with Crippen LogP contribution in [0.25, 0.3) is 0 Å². The van der Waals surface area contributed by atoms with Gasteiger partial charge in [-0.15, -0.1) is 0 Å². The van der Waals surface area contributed by atoms with E-state index in [-0.39, 0.29) is 5.82 Å². The summed E-state index contributed by atoms with van der Waals surface area (Å²) in [7, 11) is 3.04. The van der Waals surface area contributed by atoms with E-state index in [0.29, 0.717) is 27.6 Å². The first-order valence-corrected chi connectivity index (χ1v) is 6.78. The molecule has 0 aliphatic rings. The third-order valence-electron chi connectivity index (χ3n) is 3.32. The molecule has 0 radical (unpaired) electrons. The molecule has 0 aliphatic heterocycles. The van der Waals surface area contributed by atoms with E-state index in [4.69, 9.17) is 26.8 Å². The summed E-state index contributed by atoms with van der Waals surface area (Å²) >= 11 is 6.24. The van der Waals surface area contributed by atoms with Crippen molar-refractivity contribution in [2.75, 3.05) is 14.2 Å². The summed E-state index contributed by atoms with van der Waals surface area (Å²) < 4.78 is 24.4. The minimum atomic E-state index is -0.683. The molecule has 1 unspecified atom stereocenters. The van der Waals surface area contributed by atoms with Gasteiger partial charge in [0.15, 0.2) is 11.5 Å². The zero-order chi connectivity index (χ0) is 15.6. The lowest BCUT2D eigenvalue weighted by atomic mass is 9.97. The molecule has 2 N–H and O–H groups in total. The summed E-state index contributed by atoms with van der Waals surface area (Å²) in [4.78, 5) is 0. The summed E-state index contributed by atoms with van der Waals surface area (Å²) in [5.74, 6) is 0.641. The minimum absolute atomic E-state index is 0.362. The van der Waals surface area contributed by atoms with Gasteiger partial charge in [-0.1, -0.05) is 29.3 Å². The highest BCUT2D eigenvalue weighted by Crippen LogP contribution is 2.37. The van der Waals surface area contributed by atoms with Crippen molar-refractivity contribution in [1.82, 2.24) is 0 Å². The SMILES string of the molecule is COc1cc(Cl)c(C(N)c2cc(C)ccc2F)cc1OC. The fourth-order valence-electron chi connectivity index (χ4n) is 2.18. The largest absolute Gasteiger partial charge is 0.493 e. The Bertz CT molecular complexity index is 661. The highest BCUT2D eigenvalue weighted by atomic mass is 35.5. The molecule has 0 heterocycles. The van der Waals surface area contributed by atoms with E-state index in [1.807, 2.05) is 6.92 Å². The number of aryl methyl sites for hydroxylation is 1. The highest BCUT2D eigenvalue weighted by molar-refractivity contribution is 6.31. The van der Waals surface area contributed by atoms with Gasteiger partial charge in [-0.05, 0) is 24.6 Å². The number of benzene rings is 2. The van der Waals surface area contributed by atoms with Crippen molar-refractivity contribution in [3.8, 4) is 11.5 Å². The van der Waals surface area contributed by atoms with Crippen LogP contribution >= 0.6 is 11.6 Å². The van der Waals surface area contributed by atoms with Gasteiger partial charge in [0.1, 0.15) is 5.82 Å². The molecule has 1 atom stereocenters. The third kappa shape index (κ3) is 3.12. The van der Waals surface area contributed by atoms with Crippen LogP contribution < -0.4 is 15.2 Å². The van der Waals surface area contributed by atoms with Crippen LogP contribution in [0.1, 0.15) is 22.7 Å². The Morgan fingerprint density at radius 2 is 1.67 bits per heavy atom. The van der Waals surface area contributed by atoms with Crippen LogP contribution in [-0.4, -0.2) is 14.2 Å². The normalized spacial score (nSPS) is 12.1. The van der Waals surface area contributed by atoms with E-state index in [9.17, 15) is 4.39 Å². The van der Waals surface area contributed by atoms with Gasteiger partial charge in [0.25, 0.3) is 0 Å². The molecule has 0 bridgehead atoms. The lowest BCUT2D eigenvalue weighted by Gasteiger charge is -2.18. The second-order valence-corrected chi connectivity index (χ2v) is 5.14. The maximum Gasteiger partial charge on any atom is 0.162 e. The third-order valence-corrected chi connectivity index (χ3v) is 3.65. The fourth-order valence-corrected chi connectivity index (χ4v) is 2.45. The molecule has 0 amide bonds. The zero-order valence-corrected chi connectivity index (χ0v) is 12.9. The summed E-state index contributed by atoms with van der Waals surface area (Å²) in [5.41, 5.74) is 8.09. The van der Waals surface area contributed by atoms with E-state index < -0.39 is 6.04 Å². The van der Waals surface area contributed by atoms with Gasteiger partial charge in [-0.25, -0.2) is 4.39 Å². The average Bonchev–Trinajstić information content (AvgIpc) is 2.48. The van der Waals surface area contributed by atoms with E-state index in [2.05, 4.69) is 0 Å². The van der Waals surface area contributed by atoms with Crippen LogP contribution in [0.5, 0.6) is 11.5 Å². The molecule has 0 aromatic heterocycles. The van der Waals surface area contributed by atoms with Crippen molar-refractivity contribution in [2.24, 2.45) is 5.73 Å². The number of ether oxygens (including phenoxy) is 2. The molecule has 5 heteroatoms. The second kappa shape index (κ2) is 6.33. The monoisotopic (exact) mass is 309 g/mol. The van der Waals surface area contributed by atoms with Crippen molar-refractivity contribution < 1.29 is 13.9 Å². The maximum absolute atomic E-state index is 14.0. The molecule has 0 saturated heterocycles. The van der Waals surface area contributed by atoms with Crippen molar-refractivity contribution in [1.29, 1.82) is 0 Å². The van der Waals surface area contributed by atoms with E-state index >= 15 is 0 Å². The first kappa shape index (κ1) is 15.6. The molecule has 0 spiro atoms. The highest BCUT2D eigenvalue weighted by Gasteiger charge is 2.19. The topological polar surface area (TPSA) is 44.5 Å². The molecule has 0 saturated carbocycles. The van der Waals surface area contributed by atoms with Crippen molar-refractivity contribution in [3.05, 3.63) is 57.9 Å². The number of nitrogens with two attached hydrogens (primary N) is 1. The lowest BCUT2D eigenvalue weighted by molar-refractivity contribution is 0.354. The Kier molecular flexibility index (Phi) is 4.70. The van der Waals surface area contributed by atoms with Crippen LogP contribution in [0.3, 0.4) is 0 Å². The van der Waals surface area contributed by atoms with Gasteiger partial charge >= 0.3 is 0 Å². The summed E-state index contributed by atoms with van der Waals surface area (Å²) in [6, 6.07) is 7.42. The number of rotatable bonds is 4. The van der Waals surface area contributed by atoms with E-state index in [1.165, 1.54) is 20.3 Å². The Morgan fingerprint density at radius 1 is 1.05 bits per heavy atom. The molecule has 2 aromatic rings. The predicted molar refractivity (Wildman–Crippen MR) is 81.7 cm³/mol. The van der Waals surface area contributed by atoms with Crippen LogP contribution in [0.15, 0.2) is 30.3 Å². The van der Waals surface area contributed by atoms with Crippen molar-refractivity contribution in [2.45, 2.75) is 13.0 Å². The summed E-state index contributed by atoms with van der Waals surface area (Å²) in [5, 5.41) is 0.404.